The first-order valence-corrected chi connectivity index (χ1v) is 15.9. The number of hydrogen-bond acceptors (Lipinski definition) is 7. The van der Waals surface area contributed by atoms with Crippen LogP contribution in [-0.2, 0) is 20.1 Å². The van der Waals surface area contributed by atoms with Gasteiger partial charge in [0.25, 0.3) is 0 Å². The summed E-state index contributed by atoms with van der Waals surface area (Å²) in [5, 5.41) is 34.0. The maximum atomic E-state index is 11.8. The van der Waals surface area contributed by atoms with Gasteiger partial charge in [0.1, 0.15) is 0 Å². The van der Waals surface area contributed by atoms with Crippen molar-refractivity contribution in [2.45, 2.75) is 76.1 Å². The number of aryl methyl sites for hydroxylation is 1. The van der Waals surface area contributed by atoms with Gasteiger partial charge < -0.3 is 20.6 Å². The monoisotopic (exact) mass is 527 g/mol. The van der Waals surface area contributed by atoms with Gasteiger partial charge in [0, 0.05) is 25.0 Å². The van der Waals surface area contributed by atoms with E-state index in [0.29, 0.717) is 57.2 Å². The van der Waals surface area contributed by atoms with E-state index in [9.17, 15) is 28.5 Å². The number of aliphatic hydroxyl groups is 3. The molecule has 1 aliphatic carbocycles. The highest BCUT2D eigenvalue weighted by Gasteiger charge is 2.40. The Labute approximate surface area is 213 Å². The van der Waals surface area contributed by atoms with Gasteiger partial charge in [0.05, 0.1) is 18.3 Å². The number of allylic oxidation sites excluding steroid dienone is 2. The number of nitrogens with one attached hydrogen (secondary N) is 1. The maximum Gasteiger partial charge on any atom is 0.220 e. The SMILES string of the molecule is CS(=O)(=O)SCCNC(=O)CCCC=CC[C@@H]1[C@@H](CC[C@@H](O)CCc2ccccc2)[C@H](O)C[C@@H]1O. The van der Waals surface area contributed by atoms with Crippen LogP contribution in [0.5, 0.6) is 0 Å². The van der Waals surface area contributed by atoms with Crippen LogP contribution in [0.2, 0.25) is 0 Å². The first-order valence-electron chi connectivity index (χ1n) is 12.5. The number of amides is 1. The molecule has 1 aromatic carbocycles. The second kappa shape index (κ2) is 15.7. The summed E-state index contributed by atoms with van der Waals surface area (Å²) in [5.41, 5.74) is 1.20. The minimum absolute atomic E-state index is 0.0294. The summed E-state index contributed by atoms with van der Waals surface area (Å²) in [6, 6.07) is 10.1. The van der Waals surface area contributed by atoms with Gasteiger partial charge in [0.15, 0.2) is 8.87 Å². The Hall–Kier alpha value is -1.39. The molecule has 198 valence electrons. The summed E-state index contributed by atoms with van der Waals surface area (Å²) in [4.78, 5) is 11.8. The molecule has 1 amide bonds. The third kappa shape index (κ3) is 12.4. The zero-order valence-corrected chi connectivity index (χ0v) is 22.2. The molecule has 1 aliphatic rings. The molecular formula is C26H41NO6S2. The first-order chi connectivity index (χ1) is 16.7. The van der Waals surface area contributed by atoms with Gasteiger partial charge in [0.2, 0.25) is 5.91 Å². The molecule has 9 heteroatoms. The number of rotatable bonds is 16. The summed E-state index contributed by atoms with van der Waals surface area (Å²) in [6.07, 6.45) is 9.31. The van der Waals surface area contributed by atoms with Crippen molar-refractivity contribution in [2.24, 2.45) is 11.8 Å². The minimum atomic E-state index is -3.08. The number of carbonyl (C=O) groups excluding carboxylic acids is 1. The Morgan fingerprint density at radius 3 is 2.57 bits per heavy atom. The van der Waals surface area contributed by atoms with E-state index in [0.717, 1.165) is 29.9 Å². The minimum Gasteiger partial charge on any atom is -0.393 e. The standard InChI is InChI=1S/C26H41NO6S2/c1-35(32,33)34-18-17-27-26(31)12-8-3-2-7-11-22-23(25(30)19-24(22)29)16-15-21(28)14-13-20-9-5-4-6-10-20/h2,4-7,9-10,21-25,28-30H,3,8,11-19H2,1H3,(H,27,31)/t21-,22+,23+,24-,25+/m0/s1. The predicted octanol–water partition coefficient (Wildman–Crippen LogP) is 3.04. The van der Waals surface area contributed by atoms with Gasteiger partial charge >= 0.3 is 0 Å². The Balaban J connectivity index is 1.64. The lowest BCUT2D eigenvalue weighted by Crippen LogP contribution is -2.25. The van der Waals surface area contributed by atoms with Gasteiger partial charge in [-0.1, -0.05) is 42.5 Å². The van der Waals surface area contributed by atoms with Crippen molar-refractivity contribution < 1.29 is 28.5 Å². The molecule has 4 N–H and O–H groups in total. The van der Waals surface area contributed by atoms with Crippen LogP contribution in [0.15, 0.2) is 42.5 Å². The van der Waals surface area contributed by atoms with Crippen molar-refractivity contribution in [3.8, 4) is 0 Å². The fourth-order valence-corrected chi connectivity index (χ4v) is 6.28. The van der Waals surface area contributed by atoms with Gasteiger partial charge in [-0.2, -0.15) is 0 Å². The number of unbranched alkanes of at least 4 members (excludes halogenated alkanes) is 1. The normalized spacial score (nSPS) is 23.5. The Morgan fingerprint density at radius 1 is 1.14 bits per heavy atom. The number of benzene rings is 1. The van der Waals surface area contributed by atoms with Crippen LogP contribution in [-0.4, -0.2) is 66.5 Å². The highest BCUT2D eigenvalue weighted by atomic mass is 33.1. The van der Waals surface area contributed by atoms with Crippen molar-refractivity contribution >= 4 is 25.6 Å². The highest BCUT2D eigenvalue weighted by Crippen LogP contribution is 2.38. The highest BCUT2D eigenvalue weighted by molar-refractivity contribution is 8.71. The van der Waals surface area contributed by atoms with Crippen molar-refractivity contribution in [3.63, 3.8) is 0 Å². The van der Waals surface area contributed by atoms with Gasteiger partial charge in [-0.05, 0) is 79.6 Å². The fraction of sp³-hybridized carbons (Fsp3) is 0.654. The summed E-state index contributed by atoms with van der Waals surface area (Å²) in [5.74, 6) is 0.188. The largest absolute Gasteiger partial charge is 0.393 e. The number of hydrogen-bond donors (Lipinski definition) is 4. The average molecular weight is 528 g/mol. The molecule has 7 nitrogen and oxygen atoms in total. The van der Waals surface area contributed by atoms with E-state index in [1.807, 2.05) is 30.4 Å². The second-order valence-corrected chi connectivity index (χ2v) is 14.0. The topological polar surface area (TPSA) is 124 Å². The molecule has 1 fully saturated rings. The number of aliphatic hydroxyl groups excluding tert-OH is 3. The van der Waals surface area contributed by atoms with Crippen LogP contribution in [0.25, 0.3) is 0 Å². The summed E-state index contributed by atoms with van der Waals surface area (Å²) < 4.78 is 22.1. The zero-order chi connectivity index (χ0) is 25.7. The van der Waals surface area contributed by atoms with Crippen LogP contribution < -0.4 is 5.32 Å². The lowest BCUT2D eigenvalue weighted by molar-refractivity contribution is -0.121. The summed E-state index contributed by atoms with van der Waals surface area (Å²) in [6.45, 7) is 0.330. The van der Waals surface area contributed by atoms with Gasteiger partial charge in [-0.25, -0.2) is 8.42 Å². The molecule has 1 saturated carbocycles. The van der Waals surface area contributed by atoms with Gasteiger partial charge in [-0.3, -0.25) is 4.79 Å². The summed E-state index contributed by atoms with van der Waals surface area (Å²) >= 11 is 0. The van der Waals surface area contributed by atoms with Crippen molar-refractivity contribution in [2.75, 3.05) is 18.6 Å². The lowest BCUT2D eigenvalue weighted by atomic mass is 9.85. The zero-order valence-electron chi connectivity index (χ0n) is 20.6. The van der Waals surface area contributed by atoms with Crippen molar-refractivity contribution in [1.29, 1.82) is 0 Å². The van der Waals surface area contributed by atoms with E-state index in [2.05, 4.69) is 17.4 Å². The lowest BCUT2D eigenvalue weighted by Gasteiger charge is -2.23. The van der Waals surface area contributed by atoms with Crippen LogP contribution in [0.3, 0.4) is 0 Å². The fourth-order valence-electron chi connectivity index (χ4n) is 4.64. The molecule has 0 radical (unpaired) electrons. The smallest absolute Gasteiger partial charge is 0.220 e. The Kier molecular flexibility index (Phi) is 13.4. The third-order valence-electron chi connectivity index (χ3n) is 6.53. The van der Waals surface area contributed by atoms with E-state index in [4.69, 9.17) is 0 Å². The molecule has 0 bridgehead atoms. The second-order valence-electron chi connectivity index (χ2n) is 9.43. The quantitative estimate of drug-likeness (QED) is 0.148. The van der Waals surface area contributed by atoms with Crippen LogP contribution >= 0.6 is 10.8 Å². The molecule has 35 heavy (non-hydrogen) atoms. The van der Waals surface area contributed by atoms with Crippen LogP contribution in [0.4, 0.5) is 0 Å². The molecule has 0 unspecified atom stereocenters. The molecule has 0 aliphatic heterocycles. The van der Waals surface area contributed by atoms with E-state index in [1.54, 1.807) is 0 Å². The maximum absolute atomic E-state index is 11.8. The molecule has 0 spiro atoms. The molecule has 0 saturated heterocycles. The van der Waals surface area contributed by atoms with E-state index >= 15 is 0 Å². The molecule has 0 aromatic heterocycles. The Bertz CT molecular complexity index is 877. The molecule has 2 rings (SSSR count). The molecular weight excluding hydrogens is 486 g/mol. The molecule has 0 heterocycles. The molecule has 5 atom stereocenters. The third-order valence-corrected chi connectivity index (χ3v) is 9.12. The van der Waals surface area contributed by atoms with E-state index in [1.165, 1.54) is 5.56 Å². The van der Waals surface area contributed by atoms with E-state index < -0.39 is 27.2 Å². The summed E-state index contributed by atoms with van der Waals surface area (Å²) in [7, 11) is -2.26. The van der Waals surface area contributed by atoms with Crippen LogP contribution in [0, 0.1) is 11.8 Å². The van der Waals surface area contributed by atoms with E-state index in [-0.39, 0.29) is 17.7 Å². The van der Waals surface area contributed by atoms with Crippen molar-refractivity contribution in [3.05, 3.63) is 48.0 Å². The average Bonchev–Trinajstić information content (AvgIpc) is 3.08. The Morgan fingerprint density at radius 2 is 1.86 bits per heavy atom. The van der Waals surface area contributed by atoms with Gasteiger partial charge in [-0.15, -0.1) is 0 Å². The van der Waals surface area contributed by atoms with Crippen LogP contribution in [0.1, 0.15) is 56.9 Å². The first kappa shape index (κ1) is 29.8. The predicted molar refractivity (Wildman–Crippen MR) is 142 cm³/mol. The molecule has 1 aromatic rings. The number of carbonyl (C=O) groups is 1. The van der Waals surface area contributed by atoms with Crippen molar-refractivity contribution in [1.82, 2.24) is 5.32 Å².